The number of quaternary nitrogens is 1. The molecule has 0 unspecified atom stereocenters. The molecule has 0 spiro atoms. The van der Waals surface area contributed by atoms with Gasteiger partial charge in [-0.25, -0.2) is 0 Å². The molecule has 0 saturated heterocycles. The first-order chi connectivity index (χ1) is 14.1. The lowest BCUT2D eigenvalue weighted by molar-refractivity contribution is -0.907. The van der Waals surface area contributed by atoms with Gasteiger partial charge in [0.1, 0.15) is 0 Å². The zero-order chi connectivity index (χ0) is 22.4. The van der Waals surface area contributed by atoms with E-state index in [1.807, 2.05) is 0 Å². The Morgan fingerprint density at radius 2 is 1.83 bits per heavy atom. The molecule has 1 amide bonds. The van der Waals surface area contributed by atoms with E-state index in [0.29, 0.717) is 30.7 Å². The molecule has 0 aliphatic rings. The highest BCUT2D eigenvalue weighted by Crippen LogP contribution is 2.31. The molecular formula is C20H30F3N6O+. The third-order valence-corrected chi connectivity index (χ3v) is 5.16. The standard InChI is InChI=1S/C20H29F3N6O/c1-29(9-6-24,10-7-25)8-2-3-17(26)19(30)28-16-12-14-11-15(20(21,22)23)4-5-18(14)27-13-16/h4-5,11-13,17H,2-3,6-10,24-26H2,1H3/p+1/t17-/m0/s1. The van der Waals surface area contributed by atoms with Crippen LogP contribution in [0.15, 0.2) is 30.5 Å². The second-order valence-corrected chi connectivity index (χ2v) is 7.73. The molecule has 0 fully saturated rings. The molecule has 10 heteroatoms. The van der Waals surface area contributed by atoms with Gasteiger partial charge >= 0.3 is 6.18 Å². The predicted molar refractivity (Wildman–Crippen MR) is 111 cm³/mol. The summed E-state index contributed by atoms with van der Waals surface area (Å²) in [7, 11) is 2.07. The van der Waals surface area contributed by atoms with Crippen molar-refractivity contribution in [2.75, 3.05) is 45.1 Å². The van der Waals surface area contributed by atoms with E-state index in [1.165, 1.54) is 18.3 Å². The maximum Gasteiger partial charge on any atom is 0.416 e. The van der Waals surface area contributed by atoms with Crippen LogP contribution >= 0.6 is 0 Å². The number of hydrogen-bond donors (Lipinski definition) is 4. The van der Waals surface area contributed by atoms with Crippen LogP contribution in [-0.2, 0) is 11.0 Å². The number of halogens is 3. The highest BCUT2D eigenvalue weighted by Gasteiger charge is 2.30. The molecule has 1 aromatic heterocycles. The van der Waals surface area contributed by atoms with Gasteiger partial charge in [0.2, 0.25) is 5.91 Å². The molecule has 0 saturated carbocycles. The molecule has 0 radical (unpaired) electrons. The van der Waals surface area contributed by atoms with Gasteiger partial charge in [-0.15, -0.1) is 0 Å². The number of nitrogens with two attached hydrogens (primary N) is 3. The normalized spacial score (nSPS) is 13.4. The van der Waals surface area contributed by atoms with Gasteiger partial charge in [0.25, 0.3) is 0 Å². The molecule has 7 N–H and O–H groups in total. The Labute approximate surface area is 174 Å². The Bertz CT molecular complexity index is 852. The van der Waals surface area contributed by atoms with Gasteiger partial charge < -0.3 is 27.0 Å². The Hall–Kier alpha value is -2.27. The summed E-state index contributed by atoms with van der Waals surface area (Å²) in [6, 6.07) is 3.99. The first kappa shape index (κ1) is 24.0. The second kappa shape index (κ2) is 10.2. The SMILES string of the molecule is C[N+](CCN)(CCN)CCC[C@H](N)C(=O)Nc1cnc2ccc(C(F)(F)F)cc2c1. The van der Waals surface area contributed by atoms with Crippen LogP contribution < -0.4 is 22.5 Å². The number of pyridine rings is 1. The van der Waals surface area contributed by atoms with Crippen LogP contribution in [0.3, 0.4) is 0 Å². The molecule has 7 nitrogen and oxygen atoms in total. The Kier molecular flexibility index (Phi) is 8.13. The minimum Gasteiger partial charge on any atom is -0.326 e. The van der Waals surface area contributed by atoms with E-state index in [0.717, 1.165) is 42.7 Å². The van der Waals surface area contributed by atoms with Crippen LogP contribution in [0.25, 0.3) is 10.9 Å². The summed E-state index contributed by atoms with van der Waals surface area (Å²) in [6.07, 6.45) is -1.86. The summed E-state index contributed by atoms with van der Waals surface area (Å²) in [6.45, 7) is 3.48. The molecule has 30 heavy (non-hydrogen) atoms. The average molecular weight is 427 g/mol. The second-order valence-electron chi connectivity index (χ2n) is 7.73. The number of likely N-dealkylation sites (N-methyl/N-ethyl adjacent to an activating group) is 1. The van der Waals surface area contributed by atoms with Crippen LogP contribution in [0.2, 0.25) is 0 Å². The fourth-order valence-electron chi connectivity index (χ4n) is 3.39. The summed E-state index contributed by atoms with van der Waals surface area (Å²) in [5.41, 5.74) is 17.3. The van der Waals surface area contributed by atoms with Crippen molar-refractivity contribution in [1.29, 1.82) is 0 Å². The van der Waals surface area contributed by atoms with Gasteiger partial charge in [0, 0.05) is 18.5 Å². The number of rotatable bonds is 10. The summed E-state index contributed by atoms with van der Waals surface area (Å²) < 4.78 is 39.4. The molecule has 1 heterocycles. The zero-order valence-corrected chi connectivity index (χ0v) is 17.1. The number of alkyl halides is 3. The van der Waals surface area contributed by atoms with E-state index in [2.05, 4.69) is 17.3 Å². The van der Waals surface area contributed by atoms with Crippen molar-refractivity contribution < 1.29 is 22.4 Å². The number of amides is 1. The topological polar surface area (TPSA) is 120 Å². The number of hydrogen-bond acceptors (Lipinski definition) is 5. The van der Waals surface area contributed by atoms with Gasteiger partial charge in [0.15, 0.2) is 0 Å². The van der Waals surface area contributed by atoms with E-state index in [9.17, 15) is 18.0 Å². The van der Waals surface area contributed by atoms with Crippen molar-refractivity contribution in [3.63, 3.8) is 0 Å². The lowest BCUT2D eigenvalue weighted by atomic mass is 10.1. The third kappa shape index (κ3) is 6.63. The van der Waals surface area contributed by atoms with Crippen molar-refractivity contribution in [3.05, 3.63) is 36.0 Å². The minimum atomic E-state index is -4.45. The van der Waals surface area contributed by atoms with Crippen LogP contribution in [-0.4, -0.2) is 61.2 Å². The number of carbonyl (C=O) groups excluding carboxylic acids is 1. The number of fused-ring (bicyclic) bond motifs is 1. The summed E-state index contributed by atoms with van der Waals surface area (Å²) >= 11 is 0. The first-order valence-corrected chi connectivity index (χ1v) is 9.85. The molecule has 2 aromatic rings. The number of anilines is 1. The quantitative estimate of drug-likeness (QED) is 0.430. The van der Waals surface area contributed by atoms with E-state index in [1.54, 1.807) is 0 Å². The fraction of sp³-hybridized carbons (Fsp3) is 0.500. The van der Waals surface area contributed by atoms with Gasteiger partial charge in [-0.05, 0) is 37.1 Å². The Morgan fingerprint density at radius 1 is 1.17 bits per heavy atom. The average Bonchev–Trinajstić information content (AvgIpc) is 2.67. The molecule has 1 atom stereocenters. The van der Waals surface area contributed by atoms with Crippen LogP contribution in [0.5, 0.6) is 0 Å². The number of nitrogens with zero attached hydrogens (tertiary/aromatic N) is 2. The van der Waals surface area contributed by atoms with Gasteiger partial charge in [-0.2, -0.15) is 13.2 Å². The molecular weight excluding hydrogens is 397 g/mol. The molecule has 2 rings (SSSR count). The van der Waals surface area contributed by atoms with E-state index in [-0.39, 0.29) is 5.39 Å². The molecule has 166 valence electrons. The number of aromatic nitrogens is 1. The van der Waals surface area contributed by atoms with Crippen molar-refractivity contribution in [1.82, 2.24) is 4.98 Å². The summed E-state index contributed by atoms with van der Waals surface area (Å²) in [5, 5.41) is 2.92. The van der Waals surface area contributed by atoms with Crippen molar-refractivity contribution in [2.45, 2.75) is 25.1 Å². The molecule has 0 aliphatic carbocycles. The molecule has 0 bridgehead atoms. The molecule has 0 aliphatic heterocycles. The van der Waals surface area contributed by atoms with Crippen molar-refractivity contribution in [2.24, 2.45) is 17.2 Å². The van der Waals surface area contributed by atoms with Gasteiger partial charge in [0.05, 0.1) is 55.7 Å². The van der Waals surface area contributed by atoms with Crippen molar-refractivity contribution in [3.8, 4) is 0 Å². The van der Waals surface area contributed by atoms with E-state index in [4.69, 9.17) is 17.2 Å². The molecule has 1 aromatic carbocycles. The number of carbonyl (C=O) groups is 1. The monoisotopic (exact) mass is 427 g/mol. The van der Waals surface area contributed by atoms with Gasteiger partial charge in [-0.1, -0.05) is 0 Å². The van der Waals surface area contributed by atoms with Crippen LogP contribution in [0.1, 0.15) is 18.4 Å². The maximum absolute atomic E-state index is 12.9. The van der Waals surface area contributed by atoms with Crippen molar-refractivity contribution >= 4 is 22.5 Å². The summed E-state index contributed by atoms with van der Waals surface area (Å²) in [4.78, 5) is 16.5. The zero-order valence-electron chi connectivity index (χ0n) is 17.1. The maximum atomic E-state index is 12.9. The largest absolute Gasteiger partial charge is 0.416 e. The van der Waals surface area contributed by atoms with Crippen LogP contribution in [0, 0.1) is 0 Å². The van der Waals surface area contributed by atoms with Crippen LogP contribution in [0.4, 0.5) is 18.9 Å². The van der Waals surface area contributed by atoms with E-state index < -0.39 is 23.7 Å². The lowest BCUT2D eigenvalue weighted by Gasteiger charge is -2.34. The minimum absolute atomic E-state index is 0.285. The Balaban J connectivity index is 1.98. The first-order valence-electron chi connectivity index (χ1n) is 9.85. The highest BCUT2D eigenvalue weighted by molar-refractivity contribution is 5.96. The smallest absolute Gasteiger partial charge is 0.326 e. The van der Waals surface area contributed by atoms with Gasteiger partial charge in [-0.3, -0.25) is 9.78 Å². The lowest BCUT2D eigenvalue weighted by Crippen LogP contribution is -2.51. The van der Waals surface area contributed by atoms with E-state index >= 15 is 0 Å². The number of benzene rings is 1. The highest BCUT2D eigenvalue weighted by atomic mass is 19.4. The Morgan fingerprint density at radius 3 is 2.43 bits per heavy atom. The fourth-order valence-corrected chi connectivity index (χ4v) is 3.39. The number of nitrogens with one attached hydrogen (secondary N) is 1. The summed E-state index contributed by atoms with van der Waals surface area (Å²) in [5.74, 6) is -0.407. The predicted octanol–water partition coefficient (Wildman–Crippen LogP) is 1.66. The third-order valence-electron chi connectivity index (χ3n) is 5.16.